The van der Waals surface area contributed by atoms with Crippen molar-refractivity contribution in [3.8, 4) is 0 Å². The number of hydrogen-bond acceptors (Lipinski definition) is 2. The fourth-order valence-corrected chi connectivity index (χ4v) is 2.34. The van der Waals surface area contributed by atoms with Crippen LogP contribution < -0.4 is 11.1 Å². The van der Waals surface area contributed by atoms with Gasteiger partial charge in [0.2, 0.25) is 0 Å². The Kier molecular flexibility index (Phi) is 4.34. The zero-order valence-electron chi connectivity index (χ0n) is 9.58. The highest BCUT2D eigenvalue weighted by Crippen LogP contribution is 2.27. The van der Waals surface area contributed by atoms with Gasteiger partial charge in [-0.2, -0.15) is 0 Å². The minimum absolute atomic E-state index is 0.296. The van der Waals surface area contributed by atoms with E-state index in [1.807, 2.05) is 0 Å². The van der Waals surface area contributed by atoms with Crippen molar-refractivity contribution in [3.63, 3.8) is 0 Å². The lowest BCUT2D eigenvalue weighted by Crippen LogP contribution is -2.13. The topological polar surface area (TPSA) is 55.1 Å². The van der Waals surface area contributed by atoms with Crippen LogP contribution in [0.3, 0.4) is 0 Å². The summed E-state index contributed by atoms with van der Waals surface area (Å²) in [5.74, 6) is -0.326. The number of nitrogen functional groups attached to an aromatic ring is 1. The van der Waals surface area contributed by atoms with Crippen LogP contribution in [-0.4, -0.2) is 5.91 Å². The lowest BCUT2D eigenvalue weighted by molar-refractivity contribution is 0.102. The highest BCUT2D eigenvalue weighted by Gasteiger charge is 2.12. The van der Waals surface area contributed by atoms with Gasteiger partial charge in [-0.25, -0.2) is 0 Å². The summed E-state index contributed by atoms with van der Waals surface area (Å²) >= 11 is 15.1. The first kappa shape index (κ1) is 14.2. The number of rotatable bonds is 2. The molecule has 0 unspecified atom stereocenters. The Labute approximate surface area is 128 Å². The van der Waals surface area contributed by atoms with Gasteiger partial charge in [0.1, 0.15) is 0 Å². The van der Waals surface area contributed by atoms with Crippen LogP contribution in [0.25, 0.3) is 0 Å². The minimum Gasteiger partial charge on any atom is -0.399 e. The number of halogens is 3. The van der Waals surface area contributed by atoms with E-state index in [-0.39, 0.29) is 5.91 Å². The van der Waals surface area contributed by atoms with Gasteiger partial charge in [0.25, 0.3) is 5.91 Å². The van der Waals surface area contributed by atoms with Crippen LogP contribution in [0.4, 0.5) is 11.4 Å². The monoisotopic (exact) mass is 358 g/mol. The van der Waals surface area contributed by atoms with E-state index in [0.717, 1.165) is 4.47 Å². The van der Waals surface area contributed by atoms with Crippen LogP contribution in [0.5, 0.6) is 0 Å². The van der Waals surface area contributed by atoms with Crippen LogP contribution in [0.15, 0.2) is 40.9 Å². The number of anilines is 2. The van der Waals surface area contributed by atoms with Gasteiger partial charge in [-0.1, -0.05) is 23.2 Å². The van der Waals surface area contributed by atoms with Crippen molar-refractivity contribution in [1.29, 1.82) is 0 Å². The number of nitrogens with one attached hydrogen (secondary N) is 1. The van der Waals surface area contributed by atoms with Gasteiger partial charge in [-0.05, 0) is 52.3 Å². The average Bonchev–Trinajstić information content (AvgIpc) is 2.33. The van der Waals surface area contributed by atoms with Crippen molar-refractivity contribution in [1.82, 2.24) is 0 Å². The molecule has 0 saturated carbocycles. The highest BCUT2D eigenvalue weighted by molar-refractivity contribution is 9.10. The summed E-state index contributed by atoms with van der Waals surface area (Å²) in [5.41, 5.74) is 7.16. The summed E-state index contributed by atoms with van der Waals surface area (Å²) in [6.45, 7) is 0. The van der Waals surface area contributed by atoms with Crippen molar-refractivity contribution in [2.45, 2.75) is 0 Å². The van der Waals surface area contributed by atoms with Crippen LogP contribution >= 0.6 is 39.1 Å². The van der Waals surface area contributed by atoms with E-state index < -0.39 is 0 Å². The molecule has 0 atom stereocenters. The largest absolute Gasteiger partial charge is 0.399 e. The molecule has 0 aliphatic heterocycles. The molecule has 0 fully saturated rings. The fraction of sp³-hybridized carbons (Fsp3) is 0. The Morgan fingerprint density at radius 2 is 1.89 bits per heavy atom. The maximum absolute atomic E-state index is 12.1. The molecule has 0 spiro atoms. The average molecular weight is 360 g/mol. The summed E-state index contributed by atoms with van der Waals surface area (Å²) in [5, 5.41) is 3.51. The Bertz CT molecular complexity index is 647. The summed E-state index contributed by atoms with van der Waals surface area (Å²) < 4.78 is 0.736. The number of hydrogen-bond donors (Lipinski definition) is 2. The van der Waals surface area contributed by atoms with Crippen molar-refractivity contribution < 1.29 is 4.79 Å². The van der Waals surface area contributed by atoms with Crippen molar-refractivity contribution in [2.24, 2.45) is 0 Å². The fourth-order valence-electron chi connectivity index (χ4n) is 1.50. The Morgan fingerprint density at radius 3 is 2.58 bits per heavy atom. The second-order valence-electron chi connectivity index (χ2n) is 3.82. The molecule has 0 heterocycles. The van der Waals surface area contributed by atoms with E-state index in [9.17, 15) is 4.79 Å². The molecule has 2 aromatic carbocycles. The molecule has 3 N–H and O–H groups in total. The third-order valence-corrected chi connectivity index (χ3v) is 3.65. The first-order chi connectivity index (χ1) is 8.97. The van der Waals surface area contributed by atoms with Crippen molar-refractivity contribution in [3.05, 3.63) is 56.5 Å². The Morgan fingerprint density at radius 1 is 1.16 bits per heavy atom. The predicted molar refractivity (Wildman–Crippen MR) is 83.0 cm³/mol. The maximum Gasteiger partial charge on any atom is 0.257 e. The maximum atomic E-state index is 12.1. The van der Waals surface area contributed by atoms with Crippen LogP contribution in [-0.2, 0) is 0 Å². The first-order valence-corrected chi connectivity index (χ1v) is 6.83. The van der Waals surface area contributed by atoms with Gasteiger partial charge in [-0.3, -0.25) is 4.79 Å². The summed E-state index contributed by atoms with van der Waals surface area (Å²) in [6.07, 6.45) is 0. The molecule has 1 amide bonds. The van der Waals surface area contributed by atoms with Gasteiger partial charge in [0, 0.05) is 15.2 Å². The zero-order valence-corrected chi connectivity index (χ0v) is 12.7. The molecule has 6 heteroatoms. The van der Waals surface area contributed by atoms with Crippen LogP contribution in [0.1, 0.15) is 10.4 Å². The lowest BCUT2D eigenvalue weighted by atomic mass is 10.2. The standard InChI is InChI=1S/C13H9BrCl2N2O/c14-10-4-2-8(17)6-12(10)18-13(19)9-3-1-7(15)5-11(9)16/h1-6H,17H2,(H,18,19). The van der Waals surface area contributed by atoms with Gasteiger partial charge < -0.3 is 11.1 Å². The highest BCUT2D eigenvalue weighted by atomic mass is 79.9. The van der Waals surface area contributed by atoms with E-state index in [4.69, 9.17) is 28.9 Å². The first-order valence-electron chi connectivity index (χ1n) is 5.29. The van der Waals surface area contributed by atoms with E-state index in [0.29, 0.717) is 27.0 Å². The molecule has 19 heavy (non-hydrogen) atoms. The zero-order chi connectivity index (χ0) is 14.0. The predicted octanol–water partition coefficient (Wildman–Crippen LogP) is 4.59. The second-order valence-corrected chi connectivity index (χ2v) is 5.52. The van der Waals surface area contributed by atoms with Gasteiger partial charge in [0.05, 0.1) is 16.3 Å². The number of nitrogens with two attached hydrogens (primary N) is 1. The lowest BCUT2D eigenvalue weighted by Gasteiger charge is -2.09. The van der Waals surface area contributed by atoms with E-state index in [2.05, 4.69) is 21.2 Å². The summed E-state index contributed by atoms with van der Waals surface area (Å²) in [4.78, 5) is 12.1. The van der Waals surface area contributed by atoms with Crippen LogP contribution in [0, 0.1) is 0 Å². The van der Waals surface area contributed by atoms with E-state index >= 15 is 0 Å². The Balaban J connectivity index is 2.28. The van der Waals surface area contributed by atoms with Gasteiger partial charge in [0.15, 0.2) is 0 Å². The molecule has 0 radical (unpaired) electrons. The molecular weight excluding hydrogens is 351 g/mol. The molecule has 3 nitrogen and oxygen atoms in total. The molecular formula is C13H9BrCl2N2O. The Hall–Kier alpha value is -1.23. The molecule has 0 aliphatic carbocycles. The SMILES string of the molecule is Nc1ccc(Br)c(NC(=O)c2ccc(Cl)cc2Cl)c1. The third kappa shape index (κ3) is 3.41. The summed E-state index contributed by atoms with van der Waals surface area (Å²) in [6, 6.07) is 9.85. The number of benzene rings is 2. The number of carbonyl (C=O) groups is 1. The van der Waals surface area contributed by atoms with Crippen molar-refractivity contribution in [2.75, 3.05) is 11.1 Å². The molecule has 0 saturated heterocycles. The quantitative estimate of drug-likeness (QED) is 0.770. The molecule has 2 aromatic rings. The van der Waals surface area contributed by atoms with Crippen LogP contribution in [0.2, 0.25) is 10.0 Å². The second kappa shape index (κ2) is 5.82. The number of carbonyl (C=O) groups excluding carboxylic acids is 1. The third-order valence-electron chi connectivity index (χ3n) is 2.41. The molecule has 2 rings (SSSR count). The molecule has 0 aliphatic rings. The number of amides is 1. The molecule has 0 aromatic heterocycles. The summed E-state index contributed by atoms with van der Waals surface area (Å²) in [7, 11) is 0. The minimum atomic E-state index is -0.326. The molecule has 98 valence electrons. The van der Waals surface area contributed by atoms with E-state index in [1.54, 1.807) is 30.3 Å². The molecule has 0 bridgehead atoms. The van der Waals surface area contributed by atoms with Gasteiger partial charge >= 0.3 is 0 Å². The normalized spacial score (nSPS) is 10.3. The van der Waals surface area contributed by atoms with Crippen molar-refractivity contribution >= 4 is 56.4 Å². The van der Waals surface area contributed by atoms with Gasteiger partial charge in [-0.15, -0.1) is 0 Å². The van der Waals surface area contributed by atoms with E-state index in [1.165, 1.54) is 6.07 Å². The smallest absolute Gasteiger partial charge is 0.257 e.